The summed E-state index contributed by atoms with van der Waals surface area (Å²) in [6.45, 7) is 0. The Labute approximate surface area is 129 Å². The number of alkyl halides is 3. The quantitative estimate of drug-likeness (QED) is 0.811. The summed E-state index contributed by atoms with van der Waals surface area (Å²) in [6.07, 6.45) is -0.811. The lowest BCUT2D eigenvalue weighted by Gasteiger charge is -2.18. The summed E-state index contributed by atoms with van der Waals surface area (Å²) >= 11 is 6.47. The highest BCUT2D eigenvalue weighted by molar-refractivity contribution is 9.11. The largest absolute Gasteiger partial charge is 0.416 e. The number of rotatable bonds is 2. The fourth-order valence-corrected chi connectivity index (χ4v) is 2.95. The Kier molecular flexibility index (Phi) is 4.46. The van der Waals surface area contributed by atoms with Crippen LogP contribution in [0.25, 0.3) is 0 Å². The van der Waals surface area contributed by atoms with Gasteiger partial charge in [0, 0.05) is 33.1 Å². The van der Waals surface area contributed by atoms with E-state index in [0.717, 1.165) is 18.5 Å². The van der Waals surface area contributed by atoms with E-state index in [1.807, 2.05) is 0 Å². The monoisotopic (exact) mass is 409 g/mol. The Morgan fingerprint density at radius 3 is 2.50 bits per heavy atom. The van der Waals surface area contributed by atoms with Crippen molar-refractivity contribution in [1.82, 2.24) is 9.97 Å². The van der Waals surface area contributed by atoms with Crippen molar-refractivity contribution in [3.05, 3.63) is 56.5 Å². The van der Waals surface area contributed by atoms with Gasteiger partial charge >= 0.3 is 6.18 Å². The zero-order chi connectivity index (χ0) is 14.9. The summed E-state index contributed by atoms with van der Waals surface area (Å²) in [5.41, 5.74) is 5.30. The van der Waals surface area contributed by atoms with Crippen LogP contribution in [-0.2, 0) is 6.18 Å². The van der Waals surface area contributed by atoms with Crippen LogP contribution in [0.4, 0.5) is 13.2 Å². The third kappa shape index (κ3) is 3.18. The SMILES string of the molecule is NC(c1cnccc1C(F)(F)F)c1ncc(Br)cc1Br. The smallest absolute Gasteiger partial charge is 0.319 e. The maximum absolute atomic E-state index is 13.0. The Morgan fingerprint density at radius 2 is 1.90 bits per heavy atom. The predicted molar refractivity (Wildman–Crippen MR) is 74.9 cm³/mol. The first-order valence-electron chi connectivity index (χ1n) is 5.38. The third-order valence-electron chi connectivity index (χ3n) is 2.62. The molecule has 2 heterocycles. The van der Waals surface area contributed by atoms with E-state index in [-0.39, 0.29) is 5.56 Å². The molecule has 0 aliphatic heterocycles. The van der Waals surface area contributed by atoms with Crippen LogP contribution in [0.3, 0.4) is 0 Å². The summed E-state index contributed by atoms with van der Waals surface area (Å²) in [5.74, 6) is 0. The van der Waals surface area contributed by atoms with Crippen molar-refractivity contribution in [2.45, 2.75) is 12.2 Å². The normalized spacial score (nSPS) is 13.3. The number of halogens is 5. The maximum atomic E-state index is 13.0. The van der Waals surface area contributed by atoms with Crippen molar-refractivity contribution in [2.75, 3.05) is 0 Å². The van der Waals surface area contributed by atoms with E-state index in [1.54, 1.807) is 6.07 Å². The van der Waals surface area contributed by atoms with E-state index in [0.29, 0.717) is 14.6 Å². The van der Waals surface area contributed by atoms with E-state index in [2.05, 4.69) is 41.8 Å². The first-order valence-corrected chi connectivity index (χ1v) is 6.97. The van der Waals surface area contributed by atoms with Crippen molar-refractivity contribution in [3.8, 4) is 0 Å². The molecule has 8 heteroatoms. The van der Waals surface area contributed by atoms with E-state index in [4.69, 9.17) is 5.73 Å². The molecule has 20 heavy (non-hydrogen) atoms. The lowest BCUT2D eigenvalue weighted by molar-refractivity contribution is -0.138. The van der Waals surface area contributed by atoms with Crippen molar-refractivity contribution >= 4 is 31.9 Å². The lowest BCUT2D eigenvalue weighted by atomic mass is 10.0. The predicted octanol–water partition coefficient (Wildman–Crippen LogP) is 4.07. The molecule has 1 atom stereocenters. The molecule has 106 valence electrons. The molecule has 1 unspecified atom stereocenters. The molecule has 0 saturated heterocycles. The highest BCUT2D eigenvalue weighted by Crippen LogP contribution is 2.36. The van der Waals surface area contributed by atoms with Gasteiger partial charge in [0.2, 0.25) is 0 Å². The Hall–Kier alpha value is -0.990. The topological polar surface area (TPSA) is 51.8 Å². The molecular formula is C12H8Br2F3N3. The van der Waals surface area contributed by atoms with Crippen LogP contribution >= 0.6 is 31.9 Å². The number of nitrogens with zero attached hydrogens (tertiary/aromatic N) is 2. The fraction of sp³-hybridized carbons (Fsp3) is 0.167. The zero-order valence-corrected chi connectivity index (χ0v) is 13.0. The number of nitrogens with two attached hydrogens (primary N) is 1. The Morgan fingerprint density at radius 1 is 1.20 bits per heavy atom. The molecule has 0 aromatic carbocycles. The summed E-state index contributed by atoms with van der Waals surface area (Å²) in [6, 6.07) is 1.55. The highest BCUT2D eigenvalue weighted by atomic mass is 79.9. The van der Waals surface area contributed by atoms with Gasteiger partial charge in [-0.25, -0.2) is 0 Å². The minimum atomic E-state index is -4.49. The van der Waals surface area contributed by atoms with Crippen LogP contribution in [0.2, 0.25) is 0 Å². The van der Waals surface area contributed by atoms with Gasteiger partial charge in [0.25, 0.3) is 0 Å². The van der Waals surface area contributed by atoms with Crippen LogP contribution in [-0.4, -0.2) is 9.97 Å². The second-order valence-electron chi connectivity index (χ2n) is 3.96. The average Bonchev–Trinajstić information content (AvgIpc) is 2.37. The number of pyridine rings is 2. The van der Waals surface area contributed by atoms with Crippen LogP contribution in [0, 0.1) is 0 Å². The molecule has 2 rings (SSSR count). The summed E-state index contributed by atoms with van der Waals surface area (Å²) in [5, 5.41) is 0. The average molecular weight is 411 g/mol. The zero-order valence-electron chi connectivity index (χ0n) is 9.83. The van der Waals surface area contributed by atoms with Crippen LogP contribution in [0.15, 0.2) is 39.7 Å². The van der Waals surface area contributed by atoms with E-state index < -0.39 is 17.8 Å². The summed E-state index contributed by atoms with van der Waals surface area (Å²) < 4.78 is 40.1. The second-order valence-corrected chi connectivity index (χ2v) is 5.73. The van der Waals surface area contributed by atoms with Crippen LogP contribution in [0.5, 0.6) is 0 Å². The molecule has 0 fully saturated rings. The van der Waals surface area contributed by atoms with E-state index in [9.17, 15) is 13.2 Å². The van der Waals surface area contributed by atoms with Gasteiger partial charge in [0.05, 0.1) is 17.3 Å². The van der Waals surface area contributed by atoms with Gasteiger partial charge in [0.1, 0.15) is 0 Å². The van der Waals surface area contributed by atoms with Gasteiger partial charge in [-0.15, -0.1) is 0 Å². The van der Waals surface area contributed by atoms with Gasteiger partial charge < -0.3 is 5.73 Å². The number of hydrogen-bond acceptors (Lipinski definition) is 3. The first-order chi connectivity index (χ1) is 9.30. The molecule has 3 nitrogen and oxygen atoms in total. The van der Waals surface area contributed by atoms with Gasteiger partial charge in [-0.2, -0.15) is 13.2 Å². The Bertz CT molecular complexity index is 632. The third-order valence-corrected chi connectivity index (χ3v) is 3.69. The molecule has 0 saturated carbocycles. The standard InChI is InChI=1S/C12H8Br2F3N3/c13-6-3-9(14)11(20-4-6)10(18)7-5-19-2-1-8(7)12(15,16)17/h1-5,10H,18H2. The van der Waals surface area contributed by atoms with Crippen LogP contribution < -0.4 is 5.73 Å². The van der Waals surface area contributed by atoms with Gasteiger partial charge in [-0.1, -0.05) is 0 Å². The van der Waals surface area contributed by atoms with Crippen molar-refractivity contribution in [1.29, 1.82) is 0 Å². The molecule has 2 aromatic rings. The lowest BCUT2D eigenvalue weighted by Crippen LogP contribution is -2.20. The molecule has 0 amide bonds. The van der Waals surface area contributed by atoms with E-state index in [1.165, 1.54) is 6.20 Å². The molecule has 0 bridgehead atoms. The maximum Gasteiger partial charge on any atom is 0.416 e. The molecule has 0 radical (unpaired) electrons. The molecule has 2 aromatic heterocycles. The first kappa shape index (κ1) is 15.4. The second kappa shape index (κ2) is 5.79. The summed E-state index contributed by atoms with van der Waals surface area (Å²) in [7, 11) is 0. The highest BCUT2D eigenvalue weighted by Gasteiger charge is 2.35. The molecule has 0 aliphatic rings. The van der Waals surface area contributed by atoms with Crippen LogP contribution in [0.1, 0.15) is 22.9 Å². The number of aromatic nitrogens is 2. The van der Waals surface area contributed by atoms with Crippen molar-refractivity contribution in [2.24, 2.45) is 5.73 Å². The minimum absolute atomic E-state index is 0.115. The Balaban J connectivity index is 2.51. The number of hydrogen-bond donors (Lipinski definition) is 1. The van der Waals surface area contributed by atoms with Crippen molar-refractivity contribution < 1.29 is 13.2 Å². The van der Waals surface area contributed by atoms with Gasteiger partial charge in [-0.05, 0) is 44.0 Å². The molecule has 0 aliphatic carbocycles. The summed E-state index contributed by atoms with van der Waals surface area (Å²) in [4.78, 5) is 7.78. The molecular weight excluding hydrogens is 403 g/mol. The van der Waals surface area contributed by atoms with Gasteiger partial charge in [0.15, 0.2) is 0 Å². The molecule has 2 N–H and O–H groups in total. The van der Waals surface area contributed by atoms with E-state index >= 15 is 0 Å². The minimum Gasteiger partial charge on any atom is -0.319 e. The molecule has 0 spiro atoms. The fourth-order valence-electron chi connectivity index (χ4n) is 1.71. The van der Waals surface area contributed by atoms with Gasteiger partial charge in [-0.3, -0.25) is 9.97 Å². The van der Waals surface area contributed by atoms with Crippen molar-refractivity contribution in [3.63, 3.8) is 0 Å².